The molecule has 0 bridgehead atoms. The van der Waals surface area contributed by atoms with Crippen LogP contribution in [0.3, 0.4) is 0 Å². The molecule has 0 atom stereocenters. The van der Waals surface area contributed by atoms with Gasteiger partial charge in [-0.25, -0.2) is 0 Å². The minimum absolute atomic E-state index is 0.00713. The Balaban J connectivity index is 2.59. The van der Waals surface area contributed by atoms with E-state index in [1.54, 1.807) is 24.3 Å². The molecule has 1 rings (SSSR count). The second-order valence-corrected chi connectivity index (χ2v) is 3.28. The fourth-order valence-corrected chi connectivity index (χ4v) is 1.30. The summed E-state index contributed by atoms with van der Waals surface area (Å²) in [7, 11) is 0. The molecule has 0 saturated heterocycles. The van der Waals surface area contributed by atoms with E-state index in [1.165, 1.54) is 0 Å². The van der Waals surface area contributed by atoms with Crippen LogP contribution in [0, 0.1) is 6.07 Å². The fraction of sp³-hybridized carbons (Fsp3) is 0.417. The van der Waals surface area contributed by atoms with Crippen LogP contribution in [0.4, 0.5) is 0 Å². The zero-order valence-electron chi connectivity index (χ0n) is 8.71. The average molecular weight is 190 g/mol. The smallest absolute Gasteiger partial charge is 0.251 e. The van der Waals surface area contributed by atoms with Crippen molar-refractivity contribution in [3.63, 3.8) is 0 Å². The molecule has 0 spiro atoms. The summed E-state index contributed by atoms with van der Waals surface area (Å²) in [6, 6.07) is 10.2. The summed E-state index contributed by atoms with van der Waals surface area (Å²) in [5, 5.41) is 2.98. The Morgan fingerprint density at radius 2 is 1.93 bits per heavy atom. The van der Waals surface area contributed by atoms with Crippen molar-refractivity contribution in [2.45, 2.75) is 32.7 Å². The topological polar surface area (TPSA) is 29.1 Å². The van der Waals surface area contributed by atoms with Gasteiger partial charge in [-0.1, -0.05) is 26.0 Å². The first-order valence-corrected chi connectivity index (χ1v) is 5.04. The maximum absolute atomic E-state index is 11.6. The van der Waals surface area contributed by atoms with Gasteiger partial charge in [0.05, 0.1) is 0 Å². The summed E-state index contributed by atoms with van der Waals surface area (Å²) in [6.07, 6.45) is 1.95. The molecule has 2 heteroatoms. The largest absolute Gasteiger partial charge is 0.349 e. The van der Waals surface area contributed by atoms with E-state index < -0.39 is 0 Å². The number of carbonyl (C=O) groups excluding carboxylic acids is 1. The zero-order chi connectivity index (χ0) is 10.4. The SMILES string of the molecule is CCC(CC)NC(=O)c1cc[c]cc1. The molecule has 0 aliphatic heterocycles. The molecule has 0 aromatic heterocycles. The van der Waals surface area contributed by atoms with Gasteiger partial charge < -0.3 is 5.32 Å². The lowest BCUT2D eigenvalue weighted by atomic mass is 10.1. The van der Waals surface area contributed by atoms with Crippen molar-refractivity contribution in [1.29, 1.82) is 0 Å². The first-order chi connectivity index (χ1) is 6.77. The van der Waals surface area contributed by atoms with Crippen molar-refractivity contribution in [2.75, 3.05) is 0 Å². The van der Waals surface area contributed by atoms with Crippen LogP contribution in [0.15, 0.2) is 24.3 Å². The van der Waals surface area contributed by atoms with Gasteiger partial charge in [0.1, 0.15) is 0 Å². The molecule has 2 nitrogen and oxygen atoms in total. The van der Waals surface area contributed by atoms with Gasteiger partial charge in [0.25, 0.3) is 5.91 Å². The van der Waals surface area contributed by atoms with Gasteiger partial charge >= 0.3 is 0 Å². The number of amides is 1. The van der Waals surface area contributed by atoms with Crippen molar-refractivity contribution in [3.8, 4) is 0 Å². The average Bonchev–Trinajstić information content (AvgIpc) is 2.26. The molecule has 14 heavy (non-hydrogen) atoms. The first-order valence-electron chi connectivity index (χ1n) is 5.04. The molecule has 1 radical (unpaired) electrons. The number of nitrogens with one attached hydrogen (secondary N) is 1. The third kappa shape index (κ3) is 2.87. The normalized spacial score (nSPS) is 10.2. The van der Waals surface area contributed by atoms with E-state index in [0.717, 1.165) is 12.8 Å². The van der Waals surface area contributed by atoms with Crippen LogP contribution < -0.4 is 5.32 Å². The van der Waals surface area contributed by atoms with Crippen LogP contribution in [-0.4, -0.2) is 11.9 Å². The van der Waals surface area contributed by atoms with E-state index in [4.69, 9.17) is 0 Å². The summed E-state index contributed by atoms with van der Waals surface area (Å²) in [4.78, 5) is 11.6. The molecule has 0 fully saturated rings. The van der Waals surface area contributed by atoms with Gasteiger partial charge in [0.2, 0.25) is 0 Å². The van der Waals surface area contributed by atoms with Crippen LogP contribution in [-0.2, 0) is 0 Å². The summed E-state index contributed by atoms with van der Waals surface area (Å²) in [6.45, 7) is 4.15. The second kappa shape index (κ2) is 5.43. The Labute approximate surface area is 85.3 Å². The highest BCUT2D eigenvalue weighted by molar-refractivity contribution is 5.94. The van der Waals surface area contributed by atoms with Crippen molar-refractivity contribution in [1.82, 2.24) is 5.32 Å². The van der Waals surface area contributed by atoms with Crippen LogP contribution >= 0.6 is 0 Å². The molecule has 1 aromatic rings. The lowest BCUT2D eigenvalue weighted by Gasteiger charge is -2.14. The summed E-state index contributed by atoms with van der Waals surface area (Å²) < 4.78 is 0. The van der Waals surface area contributed by atoms with Crippen molar-refractivity contribution in [3.05, 3.63) is 35.9 Å². The Morgan fingerprint density at radius 1 is 1.36 bits per heavy atom. The van der Waals surface area contributed by atoms with E-state index in [9.17, 15) is 4.79 Å². The minimum atomic E-state index is 0.00713. The van der Waals surface area contributed by atoms with Gasteiger partial charge in [0.15, 0.2) is 0 Å². The van der Waals surface area contributed by atoms with Crippen LogP contribution in [0.2, 0.25) is 0 Å². The number of carbonyl (C=O) groups is 1. The molecular weight excluding hydrogens is 174 g/mol. The maximum atomic E-state index is 11.6. The quantitative estimate of drug-likeness (QED) is 0.776. The molecule has 1 aromatic carbocycles. The Hall–Kier alpha value is -1.31. The second-order valence-electron chi connectivity index (χ2n) is 3.28. The third-order valence-electron chi connectivity index (χ3n) is 2.30. The highest BCUT2D eigenvalue weighted by atomic mass is 16.1. The van der Waals surface area contributed by atoms with Gasteiger partial charge in [-0.3, -0.25) is 4.79 Å². The molecule has 0 aliphatic carbocycles. The molecule has 1 N–H and O–H groups in total. The molecule has 75 valence electrons. The Kier molecular flexibility index (Phi) is 4.17. The predicted molar refractivity (Wildman–Crippen MR) is 57.1 cm³/mol. The first kappa shape index (κ1) is 10.8. The van der Waals surface area contributed by atoms with E-state index >= 15 is 0 Å². The van der Waals surface area contributed by atoms with Crippen LogP contribution in [0.5, 0.6) is 0 Å². The lowest BCUT2D eigenvalue weighted by Crippen LogP contribution is -2.33. The van der Waals surface area contributed by atoms with Gasteiger partial charge in [-0.15, -0.1) is 0 Å². The summed E-state index contributed by atoms with van der Waals surface area (Å²) >= 11 is 0. The van der Waals surface area contributed by atoms with E-state index in [2.05, 4.69) is 25.2 Å². The minimum Gasteiger partial charge on any atom is -0.349 e. The van der Waals surface area contributed by atoms with Crippen LogP contribution in [0.25, 0.3) is 0 Å². The Morgan fingerprint density at radius 3 is 2.43 bits per heavy atom. The van der Waals surface area contributed by atoms with Gasteiger partial charge in [-0.2, -0.15) is 0 Å². The molecular formula is C12H16NO. The fourth-order valence-electron chi connectivity index (χ4n) is 1.30. The standard InChI is InChI=1S/C12H16NO/c1-3-11(4-2)13-12(14)10-8-6-5-7-9-10/h6-9,11H,3-4H2,1-2H3,(H,13,14). The predicted octanol–water partition coefficient (Wildman–Crippen LogP) is 2.41. The maximum Gasteiger partial charge on any atom is 0.251 e. The van der Waals surface area contributed by atoms with E-state index in [-0.39, 0.29) is 11.9 Å². The van der Waals surface area contributed by atoms with Gasteiger partial charge in [0, 0.05) is 11.6 Å². The van der Waals surface area contributed by atoms with Crippen molar-refractivity contribution >= 4 is 5.91 Å². The van der Waals surface area contributed by atoms with E-state index in [1.807, 2.05) is 0 Å². The highest BCUT2D eigenvalue weighted by Gasteiger charge is 2.09. The molecule has 0 aliphatic rings. The molecule has 0 unspecified atom stereocenters. The van der Waals surface area contributed by atoms with Gasteiger partial charge in [-0.05, 0) is 31.0 Å². The molecule has 0 heterocycles. The summed E-state index contributed by atoms with van der Waals surface area (Å²) in [5.41, 5.74) is 0.704. The molecule has 0 saturated carbocycles. The number of hydrogen-bond acceptors (Lipinski definition) is 1. The third-order valence-corrected chi connectivity index (χ3v) is 2.30. The van der Waals surface area contributed by atoms with E-state index in [0.29, 0.717) is 5.56 Å². The monoisotopic (exact) mass is 190 g/mol. The van der Waals surface area contributed by atoms with Crippen molar-refractivity contribution < 1.29 is 4.79 Å². The molecule has 1 amide bonds. The number of benzene rings is 1. The summed E-state index contributed by atoms with van der Waals surface area (Å²) in [5.74, 6) is 0.00713. The number of rotatable bonds is 4. The Bertz CT molecular complexity index is 278. The lowest BCUT2D eigenvalue weighted by molar-refractivity contribution is 0.0935. The highest BCUT2D eigenvalue weighted by Crippen LogP contribution is 2.01. The zero-order valence-corrected chi connectivity index (χ0v) is 8.71. The number of hydrogen-bond donors (Lipinski definition) is 1. The van der Waals surface area contributed by atoms with Crippen molar-refractivity contribution in [2.24, 2.45) is 0 Å². The van der Waals surface area contributed by atoms with Crippen LogP contribution in [0.1, 0.15) is 37.0 Å².